The summed E-state index contributed by atoms with van der Waals surface area (Å²) in [6, 6.07) is 6.64. The van der Waals surface area contributed by atoms with Crippen molar-refractivity contribution >= 4 is 28.9 Å². The molecular formula is C12H17Cl3N2O2. The standard InChI is InChI=1S/C12H17Cl2N2O2.ClH/c1-16(8-6-13,9-7-14)10-11-2-4-12(5-3-11)15(17)18;/h2-5H,6-10H2,1H3;1H/q+1;/p-1. The summed E-state index contributed by atoms with van der Waals surface area (Å²) in [5.41, 5.74) is 1.17. The number of hydrogen-bond donors (Lipinski definition) is 0. The first kappa shape index (κ1) is 18.4. The van der Waals surface area contributed by atoms with Crippen LogP contribution in [0.15, 0.2) is 24.3 Å². The van der Waals surface area contributed by atoms with Crippen molar-refractivity contribution in [3.63, 3.8) is 0 Å². The van der Waals surface area contributed by atoms with Crippen LogP contribution < -0.4 is 12.4 Å². The summed E-state index contributed by atoms with van der Waals surface area (Å²) in [5.74, 6) is 1.14. The van der Waals surface area contributed by atoms with E-state index in [1.165, 1.54) is 12.1 Å². The Morgan fingerprint density at radius 1 is 1.16 bits per heavy atom. The number of quaternary nitrogens is 1. The highest BCUT2D eigenvalue weighted by Gasteiger charge is 2.21. The van der Waals surface area contributed by atoms with Crippen LogP contribution in [0.1, 0.15) is 5.56 Å². The molecule has 0 radical (unpaired) electrons. The normalized spacial score (nSPS) is 10.9. The molecule has 1 aromatic carbocycles. The monoisotopic (exact) mass is 326 g/mol. The average Bonchev–Trinajstić information content (AvgIpc) is 2.30. The van der Waals surface area contributed by atoms with Crippen molar-refractivity contribution in [2.45, 2.75) is 6.54 Å². The zero-order valence-electron chi connectivity index (χ0n) is 10.7. The number of nitrogens with zero attached hydrogens (tertiary/aromatic N) is 2. The smallest absolute Gasteiger partial charge is 0.269 e. The molecule has 1 aromatic rings. The molecule has 0 aromatic heterocycles. The van der Waals surface area contributed by atoms with Crippen LogP contribution in [0.25, 0.3) is 0 Å². The summed E-state index contributed by atoms with van der Waals surface area (Å²) < 4.78 is 0.741. The molecule has 0 unspecified atom stereocenters. The molecule has 7 heteroatoms. The van der Waals surface area contributed by atoms with Gasteiger partial charge in [-0.05, 0) is 12.1 Å². The lowest BCUT2D eigenvalue weighted by atomic mass is 10.1. The first-order chi connectivity index (χ1) is 8.50. The third-order valence-electron chi connectivity index (χ3n) is 2.96. The highest BCUT2D eigenvalue weighted by atomic mass is 35.5. The van der Waals surface area contributed by atoms with Crippen molar-refractivity contribution in [2.75, 3.05) is 31.9 Å². The summed E-state index contributed by atoms with van der Waals surface area (Å²) in [7, 11) is 2.09. The third-order valence-corrected chi connectivity index (χ3v) is 3.30. The second-order valence-electron chi connectivity index (χ2n) is 4.53. The van der Waals surface area contributed by atoms with Crippen molar-refractivity contribution < 1.29 is 21.8 Å². The Balaban J connectivity index is 0.00000324. The van der Waals surface area contributed by atoms with Crippen LogP contribution in [-0.2, 0) is 6.54 Å². The largest absolute Gasteiger partial charge is 1.00 e. The van der Waals surface area contributed by atoms with Gasteiger partial charge in [0.25, 0.3) is 5.69 Å². The fourth-order valence-corrected chi connectivity index (χ4v) is 2.66. The molecule has 0 aliphatic heterocycles. The molecule has 0 saturated carbocycles. The molecule has 19 heavy (non-hydrogen) atoms. The van der Waals surface area contributed by atoms with E-state index in [-0.39, 0.29) is 18.1 Å². The lowest BCUT2D eigenvalue weighted by Crippen LogP contribution is -3.00. The van der Waals surface area contributed by atoms with Crippen molar-refractivity contribution in [1.82, 2.24) is 0 Å². The molecule has 1 rings (SSSR count). The minimum atomic E-state index is -0.393. The van der Waals surface area contributed by atoms with Crippen LogP contribution >= 0.6 is 23.2 Å². The Morgan fingerprint density at radius 2 is 1.63 bits per heavy atom. The van der Waals surface area contributed by atoms with Crippen LogP contribution in [0.5, 0.6) is 0 Å². The van der Waals surface area contributed by atoms with Gasteiger partial charge in [0, 0.05) is 17.7 Å². The predicted molar refractivity (Wildman–Crippen MR) is 74.2 cm³/mol. The number of nitro benzene ring substituents is 1. The number of alkyl halides is 2. The van der Waals surface area contributed by atoms with Gasteiger partial charge in [0.1, 0.15) is 6.54 Å². The fourth-order valence-electron chi connectivity index (χ4n) is 1.84. The van der Waals surface area contributed by atoms with E-state index in [4.69, 9.17) is 23.2 Å². The van der Waals surface area contributed by atoms with Gasteiger partial charge >= 0.3 is 0 Å². The van der Waals surface area contributed by atoms with Gasteiger partial charge in [0.05, 0.1) is 36.8 Å². The lowest BCUT2D eigenvalue weighted by Gasteiger charge is -2.33. The number of non-ortho nitro benzene ring substituents is 1. The molecule has 0 bridgehead atoms. The minimum Gasteiger partial charge on any atom is -1.00 e. The van der Waals surface area contributed by atoms with Gasteiger partial charge in [0.2, 0.25) is 0 Å². The molecule has 4 nitrogen and oxygen atoms in total. The molecule has 0 atom stereocenters. The van der Waals surface area contributed by atoms with Gasteiger partial charge < -0.3 is 16.9 Å². The van der Waals surface area contributed by atoms with E-state index in [1.807, 2.05) is 0 Å². The maximum Gasteiger partial charge on any atom is 0.269 e. The summed E-state index contributed by atoms with van der Waals surface area (Å²) >= 11 is 11.6. The second-order valence-corrected chi connectivity index (χ2v) is 5.28. The molecule has 0 spiro atoms. The van der Waals surface area contributed by atoms with Gasteiger partial charge in [-0.25, -0.2) is 0 Å². The average molecular weight is 328 g/mol. The van der Waals surface area contributed by atoms with Crippen molar-refractivity contribution in [2.24, 2.45) is 0 Å². The zero-order valence-corrected chi connectivity index (χ0v) is 13.0. The van der Waals surface area contributed by atoms with E-state index in [9.17, 15) is 10.1 Å². The Hall–Kier alpha value is -0.550. The van der Waals surface area contributed by atoms with E-state index in [2.05, 4.69) is 7.05 Å². The molecule has 0 aliphatic carbocycles. The summed E-state index contributed by atoms with van der Waals surface area (Å²) in [6.45, 7) is 2.42. The van der Waals surface area contributed by atoms with E-state index in [0.717, 1.165) is 29.7 Å². The first-order valence-electron chi connectivity index (χ1n) is 5.69. The SMILES string of the molecule is C[N+](CCCl)(CCCl)Cc1ccc([N+](=O)[O-])cc1.[Cl-]. The molecule has 0 aliphatic rings. The molecule has 0 amide bonds. The predicted octanol–water partition coefficient (Wildman–Crippen LogP) is 0.0230. The lowest BCUT2D eigenvalue weighted by molar-refractivity contribution is -0.918. The number of nitro groups is 1. The topological polar surface area (TPSA) is 43.1 Å². The van der Waals surface area contributed by atoms with Gasteiger partial charge in [-0.3, -0.25) is 10.1 Å². The van der Waals surface area contributed by atoms with Crippen LogP contribution in [0.4, 0.5) is 5.69 Å². The highest BCUT2D eigenvalue weighted by Crippen LogP contribution is 2.16. The molecular weight excluding hydrogens is 311 g/mol. The van der Waals surface area contributed by atoms with Crippen molar-refractivity contribution in [3.8, 4) is 0 Å². The van der Waals surface area contributed by atoms with Crippen molar-refractivity contribution in [1.29, 1.82) is 0 Å². The Labute approximate surface area is 129 Å². The quantitative estimate of drug-likeness (QED) is 0.307. The molecule has 0 N–H and O–H groups in total. The van der Waals surface area contributed by atoms with E-state index >= 15 is 0 Å². The highest BCUT2D eigenvalue weighted by molar-refractivity contribution is 6.18. The molecule has 0 fully saturated rings. The summed E-state index contributed by atoms with van der Waals surface area (Å²) in [5, 5.41) is 10.6. The molecule has 0 saturated heterocycles. The molecule has 0 heterocycles. The minimum absolute atomic E-state index is 0. The fraction of sp³-hybridized carbons (Fsp3) is 0.500. The van der Waals surface area contributed by atoms with Gasteiger partial charge in [-0.15, -0.1) is 23.2 Å². The van der Waals surface area contributed by atoms with Crippen LogP contribution in [-0.4, -0.2) is 41.3 Å². The van der Waals surface area contributed by atoms with Gasteiger partial charge in [-0.2, -0.15) is 0 Å². The molecule has 108 valence electrons. The van der Waals surface area contributed by atoms with E-state index < -0.39 is 4.92 Å². The third kappa shape index (κ3) is 5.95. The number of hydrogen-bond acceptors (Lipinski definition) is 2. The number of benzene rings is 1. The second kappa shape index (κ2) is 8.59. The number of rotatable bonds is 7. The van der Waals surface area contributed by atoms with Gasteiger partial charge in [-0.1, -0.05) is 0 Å². The Kier molecular flexibility index (Phi) is 8.34. The van der Waals surface area contributed by atoms with Crippen molar-refractivity contribution in [3.05, 3.63) is 39.9 Å². The van der Waals surface area contributed by atoms with Crippen LogP contribution in [0, 0.1) is 10.1 Å². The first-order valence-corrected chi connectivity index (χ1v) is 6.76. The van der Waals surface area contributed by atoms with Crippen LogP contribution in [0.3, 0.4) is 0 Å². The van der Waals surface area contributed by atoms with E-state index in [0.29, 0.717) is 11.8 Å². The maximum absolute atomic E-state index is 10.6. The van der Waals surface area contributed by atoms with E-state index in [1.54, 1.807) is 12.1 Å². The number of halogens is 3. The summed E-state index contributed by atoms with van der Waals surface area (Å²) in [6.07, 6.45) is 0. The maximum atomic E-state index is 10.6. The van der Waals surface area contributed by atoms with Crippen LogP contribution in [0.2, 0.25) is 0 Å². The zero-order chi connectivity index (χ0) is 13.6. The summed E-state index contributed by atoms with van der Waals surface area (Å²) in [4.78, 5) is 10.2. The Bertz CT molecular complexity index is 392. The Morgan fingerprint density at radius 3 is 2.00 bits per heavy atom. The van der Waals surface area contributed by atoms with Gasteiger partial charge in [0.15, 0.2) is 0 Å².